The molecule has 2 N–H and O–H groups in total. The number of anilines is 1. The summed E-state index contributed by atoms with van der Waals surface area (Å²) >= 11 is 0. The minimum Gasteiger partial charge on any atom is -0.335 e. The maximum Gasteiger partial charge on any atom is 0.319 e. The summed E-state index contributed by atoms with van der Waals surface area (Å²) < 4.78 is 0. The van der Waals surface area contributed by atoms with Crippen LogP contribution in [-0.2, 0) is 0 Å². The molecule has 0 aromatic heterocycles. The number of aryl methyl sites for hydroxylation is 1. The van der Waals surface area contributed by atoms with Gasteiger partial charge in [0, 0.05) is 11.7 Å². The smallest absolute Gasteiger partial charge is 0.319 e. The van der Waals surface area contributed by atoms with Crippen LogP contribution in [0.25, 0.3) is 0 Å². The van der Waals surface area contributed by atoms with E-state index < -0.39 is 0 Å². The van der Waals surface area contributed by atoms with Crippen LogP contribution in [0.2, 0.25) is 0 Å². The molecule has 1 aliphatic carbocycles. The lowest BCUT2D eigenvalue weighted by atomic mass is 10.2. The third kappa shape index (κ3) is 2.86. The first-order valence-electron chi connectivity index (χ1n) is 5.53. The van der Waals surface area contributed by atoms with Gasteiger partial charge < -0.3 is 10.6 Å². The zero-order valence-corrected chi connectivity index (χ0v) is 9.36. The normalized spacial score (nSPS) is 15.1. The molecule has 0 saturated carbocycles. The van der Waals surface area contributed by atoms with Gasteiger partial charge in [-0.05, 0) is 31.9 Å². The second kappa shape index (κ2) is 4.84. The molecule has 0 bridgehead atoms. The highest BCUT2D eigenvalue weighted by Gasteiger charge is 2.12. The summed E-state index contributed by atoms with van der Waals surface area (Å²) in [4.78, 5) is 11.6. The molecule has 2 amide bonds. The van der Waals surface area contributed by atoms with E-state index in [-0.39, 0.29) is 12.1 Å². The standard InChI is InChI=1S/C13H16N2O/c1-10-6-8-12(9-7-10)15-13(16)14-11-4-2-3-5-11/h2-3,6-9,11H,4-5H2,1H3,(H2,14,15,16). The number of carbonyl (C=O) groups is 1. The molecule has 3 heteroatoms. The molecule has 0 radical (unpaired) electrons. The monoisotopic (exact) mass is 216 g/mol. The van der Waals surface area contributed by atoms with Crippen molar-refractivity contribution < 1.29 is 4.79 Å². The largest absolute Gasteiger partial charge is 0.335 e. The van der Waals surface area contributed by atoms with Crippen molar-refractivity contribution in [3.05, 3.63) is 42.0 Å². The van der Waals surface area contributed by atoms with Crippen LogP contribution in [0.1, 0.15) is 18.4 Å². The van der Waals surface area contributed by atoms with Gasteiger partial charge in [0.25, 0.3) is 0 Å². The van der Waals surface area contributed by atoms with Gasteiger partial charge in [-0.15, -0.1) is 0 Å². The molecular formula is C13H16N2O. The maximum atomic E-state index is 11.6. The van der Waals surface area contributed by atoms with Crippen molar-refractivity contribution in [2.45, 2.75) is 25.8 Å². The van der Waals surface area contributed by atoms with E-state index in [0.29, 0.717) is 0 Å². The summed E-state index contributed by atoms with van der Waals surface area (Å²) in [5.74, 6) is 0. The van der Waals surface area contributed by atoms with E-state index in [9.17, 15) is 4.79 Å². The second-order valence-corrected chi connectivity index (χ2v) is 4.10. The lowest BCUT2D eigenvalue weighted by molar-refractivity contribution is 0.249. The highest BCUT2D eigenvalue weighted by atomic mass is 16.2. The van der Waals surface area contributed by atoms with Crippen LogP contribution in [0.15, 0.2) is 36.4 Å². The Labute approximate surface area is 95.6 Å². The van der Waals surface area contributed by atoms with Crippen LogP contribution in [0, 0.1) is 6.92 Å². The number of amides is 2. The molecule has 1 aromatic carbocycles. The van der Waals surface area contributed by atoms with Crippen molar-refractivity contribution in [3.8, 4) is 0 Å². The van der Waals surface area contributed by atoms with Crippen LogP contribution in [-0.4, -0.2) is 12.1 Å². The number of benzene rings is 1. The molecule has 0 saturated heterocycles. The van der Waals surface area contributed by atoms with Crippen molar-refractivity contribution in [1.29, 1.82) is 0 Å². The zero-order valence-electron chi connectivity index (χ0n) is 9.36. The van der Waals surface area contributed by atoms with E-state index in [0.717, 1.165) is 18.5 Å². The Morgan fingerprint density at radius 1 is 1.19 bits per heavy atom. The highest BCUT2D eigenvalue weighted by molar-refractivity contribution is 5.89. The molecule has 1 aromatic rings. The van der Waals surface area contributed by atoms with Crippen LogP contribution in [0.5, 0.6) is 0 Å². The first kappa shape index (κ1) is 10.7. The summed E-state index contributed by atoms with van der Waals surface area (Å²) in [6.07, 6.45) is 6.05. The van der Waals surface area contributed by atoms with Crippen molar-refractivity contribution in [1.82, 2.24) is 5.32 Å². The topological polar surface area (TPSA) is 41.1 Å². The lowest BCUT2D eigenvalue weighted by Crippen LogP contribution is -2.36. The zero-order chi connectivity index (χ0) is 11.4. The molecule has 1 aliphatic rings. The van der Waals surface area contributed by atoms with E-state index in [1.54, 1.807) is 0 Å². The van der Waals surface area contributed by atoms with Crippen molar-refractivity contribution >= 4 is 11.7 Å². The average molecular weight is 216 g/mol. The van der Waals surface area contributed by atoms with Crippen LogP contribution in [0.4, 0.5) is 10.5 Å². The number of rotatable bonds is 2. The fourth-order valence-corrected chi connectivity index (χ4v) is 1.72. The van der Waals surface area contributed by atoms with E-state index >= 15 is 0 Å². The Morgan fingerprint density at radius 2 is 1.81 bits per heavy atom. The summed E-state index contributed by atoms with van der Waals surface area (Å²) in [7, 11) is 0. The Kier molecular flexibility index (Phi) is 3.25. The number of nitrogens with one attached hydrogen (secondary N) is 2. The molecule has 0 fully saturated rings. The van der Waals surface area contributed by atoms with Crippen LogP contribution in [0.3, 0.4) is 0 Å². The highest BCUT2D eigenvalue weighted by Crippen LogP contribution is 2.11. The fraction of sp³-hybridized carbons (Fsp3) is 0.308. The fourth-order valence-electron chi connectivity index (χ4n) is 1.72. The van der Waals surface area contributed by atoms with E-state index in [1.807, 2.05) is 31.2 Å². The minimum atomic E-state index is -0.127. The Balaban J connectivity index is 1.84. The summed E-state index contributed by atoms with van der Waals surface area (Å²) in [5, 5.41) is 5.75. The molecule has 0 aliphatic heterocycles. The van der Waals surface area contributed by atoms with Gasteiger partial charge in [0.15, 0.2) is 0 Å². The minimum absolute atomic E-state index is 0.127. The Hall–Kier alpha value is -1.77. The molecule has 16 heavy (non-hydrogen) atoms. The molecule has 2 rings (SSSR count). The molecule has 84 valence electrons. The molecule has 0 heterocycles. The van der Waals surface area contributed by atoms with Gasteiger partial charge in [0.1, 0.15) is 0 Å². The van der Waals surface area contributed by atoms with Gasteiger partial charge in [-0.25, -0.2) is 4.79 Å². The average Bonchev–Trinajstić information content (AvgIpc) is 2.74. The number of hydrogen-bond acceptors (Lipinski definition) is 1. The molecule has 0 unspecified atom stereocenters. The Bertz CT molecular complexity index is 387. The predicted molar refractivity (Wildman–Crippen MR) is 65.5 cm³/mol. The van der Waals surface area contributed by atoms with Crippen LogP contribution < -0.4 is 10.6 Å². The maximum absolute atomic E-state index is 11.6. The van der Waals surface area contributed by atoms with E-state index in [1.165, 1.54) is 5.56 Å². The summed E-state index contributed by atoms with van der Waals surface area (Å²) in [5.41, 5.74) is 2.01. The third-order valence-corrected chi connectivity index (χ3v) is 2.65. The van der Waals surface area contributed by atoms with Crippen LogP contribution >= 0.6 is 0 Å². The lowest BCUT2D eigenvalue weighted by Gasteiger charge is -2.13. The molecular weight excluding hydrogens is 200 g/mol. The molecule has 3 nitrogen and oxygen atoms in total. The summed E-state index contributed by atoms with van der Waals surface area (Å²) in [6, 6.07) is 7.89. The second-order valence-electron chi connectivity index (χ2n) is 4.10. The number of urea groups is 1. The quantitative estimate of drug-likeness (QED) is 0.733. The van der Waals surface area contributed by atoms with Crippen molar-refractivity contribution in [3.63, 3.8) is 0 Å². The van der Waals surface area contributed by atoms with Gasteiger partial charge in [-0.1, -0.05) is 29.8 Å². The number of hydrogen-bond donors (Lipinski definition) is 2. The third-order valence-electron chi connectivity index (χ3n) is 2.65. The van der Waals surface area contributed by atoms with Gasteiger partial charge in [-0.3, -0.25) is 0 Å². The Morgan fingerprint density at radius 3 is 2.44 bits per heavy atom. The van der Waals surface area contributed by atoms with E-state index in [4.69, 9.17) is 0 Å². The first-order valence-corrected chi connectivity index (χ1v) is 5.53. The van der Waals surface area contributed by atoms with Gasteiger partial charge in [-0.2, -0.15) is 0 Å². The van der Waals surface area contributed by atoms with Gasteiger partial charge in [0.2, 0.25) is 0 Å². The molecule has 0 spiro atoms. The summed E-state index contributed by atoms with van der Waals surface area (Å²) in [6.45, 7) is 2.02. The van der Waals surface area contributed by atoms with Crippen molar-refractivity contribution in [2.75, 3.05) is 5.32 Å². The number of carbonyl (C=O) groups excluding carboxylic acids is 1. The molecule has 0 atom stereocenters. The van der Waals surface area contributed by atoms with Gasteiger partial charge in [0.05, 0.1) is 0 Å². The van der Waals surface area contributed by atoms with Gasteiger partial charge >= 0.3 is 6.03 Å². The van der Waals surface area contributed by atoms with E-state index in [2.05, 4.69) is 22.8 Å². The first-order chi connectivity index (χ1) is 7.74. The SMILES string of the molecule is Cc1ccc(NC(=O)NC2CC=CC2)cc1. The van der Waals surface area contributed by atoms with Crippen molar-refractivity contribution in [2.24, 2.45) is 0 Å². The predicted octanol–water partition coefficient (Wildman–Crippen LogP) is 2.84.